The normalized spacial score (nSPS) is 18.9. The van der Waals surface area contributed by atoms with E-state index in [4.69, 9.17) is 0 Å². The summed E-state index contributed by atoms with van der Waals surface area (Å²) in [4.78, 5) is 22.3. The van der Waals surface area contributed by atoms with Crippen LogP contribution in [-0.2, 0) is 23.9 Å². The van der Waals surface area contributed by atoms with Crippen LogP contribution in [0.4, 0.5) is 33.5 Å². The number of pyridine rings is 2. The Morgan fingerprint density at radius 3 is 2.67 bits per heavy atom. The van der Waals surface area contributed by atoms with Gasteiger partial charge in [-0.2, -0.15) is 13.2 Å². The van der Waals surface area contributed by atoms with Gasteiger partial charge in [0, 0.05) is 38.0 Å². The number of alkyl halides is 5. The van der Waals surface area contributed by atoms with Gasteiger partial charge in [-0.3, -0.25) is 9.78 Å². The predicted molar refractivity (Wildman–Crippen MR) is 110 cm³/mol. The lowest BCUT2D eigenvalue weighted by Crippen LogP contribution is -2.47. The highest BCUT2D eigenvalue weighted by Crippen LogP contribution is 2.44. The number of aryl methyl sites for hydroxylation is 2. The van der Waals surface area contributed by atoms with E-state index in [1.54, 1.807) is 6.92 Å². The smallest absolute Gasteiger partial charge is 0.383 e. The number of rotatable bonds is 5. The van der Waals surface area contributed by atoms with Crippen LogP contribution in [0.1, 0.15) is 41.8 Å². The van der Waals surface area contributed by atoms with Crippen molar-refractivity contribution in [1.29, 1.82) is 0 Å². The average molecular weight is 470 g/mol. The fourth-order valence-corrected chi connectivity index (χ4v) is 4.18. The molecule has 0 saturated heterocycles. The summed E-state index contributed by atoms with van der Waals surface area (Å²) >= 11 is 0. The van der Waals surface area contributed by atoms with Gasteiger partial charge in [0.15, 0.2) is 0 Å². The maximum absolute atomic E-state index is 13.0. The molecule has 1 saturated carbocycles. The van der Waals surface area contributed by atoms with Crippen molar-refractivity contribution in [2.75, 3.05) is 16.8 Å². The van der Waals surface area contributed by atoms with Crippen molar-refractivity contribution in [2.45, 2.75) is 57.4 Å². The Morgan fingerprint density at radius 2 is 2.06 bits per heavy atom. The Kier molecular flexibility index (Phi) is 6.02. The number of nitrogens with zero attached hydrogens (tertiary/aromatic N) is 3. The van der Waals surface area contributed by atoms with E-state index in [1.807, 2.05) is 11.0 Å². The number of halogens is 5. The van der Waals surface area contributed by atoms with Crippen LogP contribution in [0.5, 0.6) is 0 Å². The maximum atomic E-state index is 13.0. The van der Waals surface area contributed by atoms with Crippen LogP contribution in [0, 0.1) is 12.8 Å². The Hall–Kier alpha value is -2.82. The predicted octanol–water partition coefficient (Wildman–Crippen LogP) is 4.10. The van der Waals surface area contributed by atoms with Crippen molar-refractivity contribution in [2.24, 2.45) is 5.92 Å². The highest BCUT2D eigenvalue weighted by atomic mass is 19.4. The first-order chi connectivity index (χ1) is 15.4. The zero-order chi connectivity index (χ0) is 24.0. The largest absolute Gasteiger partial charge is 0.433 e. The van der Waals surface area contributed by atoms with E-state index in [0.29, 0.717) is 36.3 Å². The number of fused-ring (bicyclic) bond motifs is 1. The summed E-state index contributed by atoms with van der Waals surface area (Å²) in [5, 5.41) is 12.6. The summed E-state index contributed by atoms with van der Waals surface area (Å²) in [6.07, 6.45) is -4.48. The van der Waals surface area contributed by atoms with Gasteiger partial charge < -0.3 is 15.3 Å². The second-order valence-electron chi connectivity index (χ2n) is 8.65. The zero-order valence-corrected chi connectivity index (χ0v) is 17.8. The number of amides is 1. The molecule has 6 nitrogen and oxygen atoms in total. The van der Waals surface area contributed by atoms with Crippen molar-refractivity contribution in [1.82, 2.24) is 9.97 Å². The first-order valence-corrected chi connectivity index (χ1v) is 10.6. The Labute approximate surface area is 186 Å². The van der Waals surface area contributed by atoms with Gasteiger partial charge in [0.1, 0.15) is 17.6 Å². The van der Waals surface area contributed by atoms with E-state index in [0.717, 1.165) is 18.2 Å². The topological polar surface area (TPSA) is 78.3 Å². The molecule has 1 amide bonds. The number of carbonyl (C=O) groups is 1. The van der Waals surface area contributed by atoms with Gasteiger partial charge in [-0.1, -0.05) is 6.07 Å². The first-order valence-electron chi connectivity index (χ1n) is 10.6. The molecule has 4 rings (SSSR count). The molecular formula is C22H23F5N4O2. The number of aliphatic hydroxyl groups is 1. The lowest BCUT2D eigenvalue weighted by Gasteiger charge is -2.37. The second kappa shape index (κ2) is 8.51. The fraction of sp³-hybridized carbons (Fsp3) is 0.500. The van der Waals surface area contributed by atoms with Gasteiger partial charge in [-0.15, -0.1) is 0 Å². The van der Waals surface area contributed by atoms with Crippen LogP contribution in [0.2, 0.25) is 0 Å². The Morgan fingerprint density at radius 1 is 1.33 bits per heavy atom. The molecule has 0 bridgehead atoms. The molecule has 0 spiro atoms. The van der Waals surface area contributed by atoms with Crippen molar-refractivity contribution >= 4 is 17.4 Å². The highest BCUT2D eigenvalue weighted by molar-refractivity contribution is 5.94. The van der Waals surface area contributed by atoms with E-state index in [1.165, 1.54) is 12.3 Å². The molecule has 2 aliphatic rings. The number of aromatic nitrogens is 2. The van der Waals surface area contributed by atoms with Crippen LogP contribution < -0.4 is 10.2 Å². The molecule has 0 aromatic carbocycles. The zero-order valence-electron chi connectivity index (χ0n) is 17.8. The van der Waals surface area contributed by atoms with Crippen LogP contribution in [0.25, 0.3) is 0 Å². The lowest BCUT2D eigenvalue weighted by molar-refractivity contribution is -0.154. The monoisotopic (exact) mass is 470 g/mol. The van der Waals surface area contributed by atoms with Gasteiger partial charge >= 0.3 is 6.18 Å². The molecule has 178 valence electrons. The number of anilines is 2. The molecule has 3 heterocycles. The Bertz CT molecular complexity index is 1030. The molecule has 2 aromatic heterocycles. The van der Waals surface area contributed by atoms with Gasteiger partial charge in [0.2, 0.25) is 5.92 Å². The lowest BCUT2D eigenvalue weighted by atomic mass is 9.77. The van der Waals surface area contributed by atoms with Crippen molar-refractivity contribution < 1.29 is 31.9 Å². The summed E-state index contributed by atoms with van der Waals surface area (Å²) < 4.78 is 64.3. The van der Waals surface area contributed by atoms with E-state index >= 15 is 0 Å². The minimum absolute atomic E-state index is 0.252. The SMILES string of the molecule is Cc1cc2c(nc1NC(=O)[C@@H](O)C1CC(F)(F)C1)CCCN2Cc1ccc(C(F)(F)F)nc1. The molecule has 0 unspecified atom stereocenters. The summed E-state index contributed by atoms with van der Waals surface area (Å²) in [6.45, 7) is 2.74. The molecular weight excluding hydrogens is 447 g/mol. The highest BCUT2D eigenvalue weighted by Gasteiger charge is 2.50. The third-order valence-electron chi connectivity index (χ3n) is 6.02. The summed E-state index contributed by atoms with van der Waals surface area (Å²) in [5.41, 5.74) is 1.79. The third-order valence-corrected chi connectivity index (χ3v) is 6.02. The minimum Gasteiger partial charge on any atom is -0.383 e. The van der Waals surface area contributed by atoms with Gasteiger partial charge in [0.05, 0.1) is 11.4 Å². The van der Waals surface area contributed by atoms with Gasteiger partial charge in [-0.05, 0) is 43.0 Å². The molecule has 1 aliphatic carbocycles. The minimum atomic E-state index is -4.49. The standard InChI is InChI=1S/C22H23F5N4O2/c1-12-7-16-15(29-19(12)30-20(33)18(32)14-8-21(23,24)9-14)3-2-6-31(16)11-13-4-5-17(28-10-13)22(25,26)27/h4-5,7,10,14,18,32H,2-3,6,8-9,11H2,1H3,(H,29,30,33)/t18-/m0/s1. The second-order valence-corrected chi connectivity index (χ2v) is 8.65. The molecule has 11 heteroatoms. The molecule has 33 heavy (non-hydrogen) atoms. The van der Waals surface area contributed by atoms with Crippen LogP contribution >= 0.6 is 0 Å². The summed E-state index contributed by atoms with van der Waals surface area (Å²) in [6, 6.07) is 4.16. The van der Waals surface area contributed by atoms with Crippen molar-refractivity contribution in [3.63, 3.8) is 0 Å². The van der Waals surface area contributed by atoms with E-state index in [2.05, 4.69) is 15.3 Å². The Balaban J connectivity index is 1.47. The molecule has 1 fully saturated rings. The molecule has 0 radical (unpaired) electrons. The number of nitrogens with one attached hydrogen (secondary N) is 1. The molecule has 2 N–H and O–H groups in total. The number of hydrogen-bond donors (Lipinski definition) is 2. The van der Waals surface area contributed by atoms with Gasteiger partial charge in [0.25, 0.3) is 5.91 Å². The van der Waals surface area contributed by atoms with E-state index in [-0.39, 0.29) is 5.82 Å². The van der Waals surface area contributed by atoms with E-state index < -0.39 is 48.6 Å². The summed E-state index contributed by atoms with van der Waals surface area (Å²) in [5.74, 6) is -4.14. The number of aliphatic hydroxyl groups excluding tert-OH is 1. The van der Waals surface area contributed by atoms with Gasteiger partial charge in [-0.25, -0.2) is 13.8 Å². The average Bonchev–Trinajstić information content (AvgIpc) is 2.72. The van der Waals surface area contributed by atoms with Crippen LogP contribution in [-0.4, -0.2) is 39.6 Å². The third kappa shape index (κ3) is 5.07. The fourth-order valence-electron chi connectivity index (χ4n) is 4.18. The molecule has 2 aromatic rings. The van der Waals surface area contributed by atoms with Crippen molar-refractivity contribution in [3.8, 4) is 0 Å². The first kappa shape index (κ1) is 23.3. The summed E-state index contributed by atoms with van der Waals surface area (Å²) in [7, 11) is 0. The maximum Gasteiger partial charge on any atom is 0.433 e. The molecule has 1 aliphatic heterocycles. The quantitative estimate of drug-likeness (QED) is 0.644. The molecule has 1 atom stereocenters. The van der Waals surface area contributed by atoms with Crippen molar-refractivity contribution in [3.05, 3.63) is 46.9 Å². The number of hydrogen-bond acceptors (Lipinski definition) is 5. The van der Waals surface area contributed by atoms with Crippen LogP contribution in [0.3, 0.4) is 0 Å². The number of carbonyl (C=O) groups excluding carboxylic acids is 1. The van der Waals surface area contributed by atoms with Crippen LogP contribution in [0.15, 0.2) is 24.4 Å². The van der Waals surface area contributed by atoms with E-state index in [9.17, 15) is 31.9 Å².